The quantitative estimate of drug-likeness (QED) is 0.493. The number of carbonyl (C=O) groups excluding carboxylic acids is 1. The van der Waals surface area contributed by atoms with E-state index in [2.05, 4.69) is 32.1 Å². The van der Waals surface area contributed by atoms with Crippen LogP contribution in [0.25, 0.3) is 11.3 Å². The van der Waals surface area contributed by atoms with Crippen molar-refractivity contribution in [1.82, 2.24) is 24.7 Å². The van der Waals surface area contributed by atoms with Crippen LogP contribution in [0.1, 0.15) is 12.7 Å². The standard InChI is InChI=1S/C18H20N6OS/c1-4-9-24-13(3)22-23-18(24)26-12(2)17(25)21-15-7-5-14(6-8-15)16-10-19-11-20-16/h4-8,10-12H,1,9H2,2-3H3,(H,19,20)(H,21,25). The zero-order valence-corrected chi connectivity index (χ0v) is 15.5. The molecule has 26 heavy (non-hydrogen) atoms. The van der Waals surface area contributed by atoms with E-state index >= 15 is 0 Å². The largest absolute Gasteiger partial charge is 0.345 e. The number of thioether (sulfide) groups is 1. The molecule has 0 bridgehead atoms. The van der Waals surface area contributed by atoms with E-state index < -0.39 is 0 Å². The molecule has 0 aliphatic rings. The molecule has 1 atom stereocenters. The number of anilines is 1. The first-order chi connectivity index (χ1) is 12.6. The summed E-state index contributed by atoms with van der Waals surface area (Å²) in [6, 6.07) is 7.61. The molecule has 0 aliphatic carbocycles. The number of allylic oxidation sites excluding steroid dienone is 1. The third kappa shape index (κ3) is 4.02. The molecule has 0 aliphatic heterocycles. The maximum atomic E-state index is 12.5. The van der Waals surface area contributed by atoms with E-state index in [9.17, 15) is 4.79 Å². The minimum atomic E-state index is -0.311. The van der Waals surface area contributed by atoms with E-state index in [1.807, 2.05) is 42.7 Å². The summed E-state index contributed by atoms with van der Waals surface area (Å²) in [6.07, 6.45) is 5.18. The van der Waals surface area contributed by atoms with Crippen molar-refractivity contribution in [2.24, 2.45) is 0 Å². The summed E-state index contributed by atoms with van der Waals surface area (Å²) in [5, 5.41) is 11.5. The van der Waals surface area contributed by atoms with Gasteiger partial charge in [-0.2, -0.15) is 0 Å². The highest BCUT2D eigenvalue weighted by Gasteiger charge is 2.19. The number of imidazole rings is 1. The summed E-state index contributed by atoms with van der Waals surface area (Å²) < 4.78 is 1.93. The lowest BCUT2D eigenvalue weighted by atomic mass is 10.1. The summed E-state index contributed by atoms with van der Waals surface area (Å²) >= 11 is 1.38. The van der Waals surface area contributed by atoms with Crippen molar-refractivity contribution in [2.45, 2.75) is 30.8 Å². The topological polar surface area (TPSA) is 88.5 Å². The van der Waals surface area contributed by atoms with Crippen molar-refractivity contribution in [3.05, 3.63) is 55.3 Å². The van der Waals surface area contributed by atoms with Gasteiger partial charge in [-0.15, -0.1) is 16.8 Å². The number of hydrogen-bond acceptors (Lipinski definition) is 5. The summed E-state index contributed by atoms with van der Waals surface area (Å²) in [5.41, 5.74) is 2.69. The Morgan fingerprint density at radius 3 is 2.81 bits per heavy atom. The van der Waals surface area contributed by atoms with Gasteiger partial charge in [-0.1, -0.05) is 30.0 Å². The van der Waals surface area contributed by atoms with Gasteiger partial charge in [-0.25, -0.2) is 4.98 Å². The normalized spacial score (nSPS) is 11.9. The van der Waals surface area contributed by atoms with Crippen LogP contribution in [-0.2, 0) is 11.3 Å². The van der Waals surface area contributed by atoms with Crippen LogP contribution >= 0.6 is 11.8 Å². The molecule has 2 N–H and O–H groups in total. The Labute approximate surface area is 156 Å². The number of nitrogens with zero attached hydrogens (tertiary/aromatic N) is 4. The second kappa shape index (κ2) is 8.01. The number of rotatable bonds is 7. The third-order valence-corrected chi connectivity index (χ3v) is 4.91. The molecule has 8 heteroatoms. The minimum absolute atomic E-state index is 0.0879. The van der Waals surface area contributed by atoms with Gasteiger partial charge in [0.25, 0.3) is 0 Å². The van der Waals surface area contributed by atoms with Crippen molar-refractivity contribution < 1.29 is 4.79 Å². The maximum absolute atomic E-state index is 12.5. The molecule has 1 unspecified atom stereocenters. The highest BCUT2D eigenvalue weighted by molar-refractivity contribution is 8.00. The lowest BCUT2D eigenvalue weighted by Crippen LogP contribution is -2.23. The number of aromatic nitrogens is 5. The Hall–Kier alpha value is -2.87. The molecule has 2 heterocycles. The van der Waals surface area contributed by atoms with Crippen molar-refractivity contribution >= 4 is 23.4 Å². The summed E-state index contributed by atoms with van der Waals surface area (Å²) in [6.45, 7) is 8.09. The summed E-state index contributed by atoms with van der Waals surface area (Å²) in [4.78, 5) is 19.5. The first kappa shape index (κ1) is 17.9. The third-order valence-electron chi connectivity index (χ3n) is 3.83. The van der Waals surface area contributed by atoms with Crippen LogP contribution in [0.2, 0.25) is 0 Å². The van der Waals surface area contributed by atoms with Crippen LogP contribution in [0.15, 0.2) is 54.6 Å². The van der Waals surface area contributed by atoms with Crippen molar-refractivity contribution in [1.29, 1.82) is 0 Å². The molecule has 1 amide bonds. The van der Waals surface area contributed by atoms with Crippen LogP contribution in [0.3, 0.4) is 0 Å². The van der Waals surface area contributed by atoms with E-state index in [1.165, 1.54) is 11.8 Å². The first-order valence-electron chi connectivity index (χ1n) is 8.15. The van der Waals surface area contributed by atoms with E-state index in [4.69, 9.17) is 0 Å². The molecule has 134 valence electrons. The van der Waals surface area contributed by atoms with E-state index in [0.717, 1.165) is 22.8 Å². The van der Waals surface area contributed by atoms with Gasteiger partial charge < -0.3 is 14.9 Å². The van der Waals surface area contributed by atoms with Gasteiger partial charge in [0.1, 0.15) is 5.82 Å². The van der Waals surface area contributed by atoms with Gasteiger partial charge in [0.05, 0.1) is 23.5 Å². The second-order valence-corrected chi connectivity index (χ2v) is 7.03. The molecule has 0 saturated heterocycles. The van der Waals surface area contributed by atoms with Gasteiger partial charge >= 0.3 is 0 Å². The van der Waals surface area contributed by atoms with Crippen LogP contribution < -0.4 is 5.32 Å². The SMILES string of the molecule is C=CCn1c(C)nnc1SC(C)C(=O)Nc1ccc(-c2cnc[nH]2)cc1. The molecule has 0 spiro atoms. The molecule has 2 aromatic heterocycles. The zero-order chi connectivity index (χ0) is 18.5. The summed E-state index contributed by atoms with van der Waals surface area (Å²) in [7, 11) is 0. The summed E-state index contributed by atoms with van der Waals surface area (Å²) in [5.74, 6) is 0.712. The van der Waals surface area contributed by atoms with Gasteiger partial charge in [0.15, 0.2) is 5.16 Å². The fourth-order valence-corrected chi connectivity index (χ4v) is 3.29. The number of amides is 1. The van der Waals surface area contributed by atoms with Gasteiger partial charge in [-0.3, -0.25) is 4.79 Å². The van der Waals surface area contributed by atoms with Crippen molar-refractivity contribution in [3.8, 4) is 11.3 Å². The number of benzene rings is 1. The van der Waals surface area contributed by atoms with Crippen molar-refractivity contribution in [3.63, 3.8) is 0 Å². The average Bonchev–Trinajstić information content (AvgIpc) is 3.28. The highest BCUT2D eigenvalue weighted by Crippen LogP contribution is 2.24. The van der Waals surface area contributed by atoms with Crippen LogP contribution in [-0.4, -0.2) is 35.9 Å². The van der Waals surface area contributed by atoms with E-state index in [-0.39, 0.29) is 11.2 Å². The number of aryl methyl sites for hydroxylation is 1. The number of nitrogens with one attached hydrogen (secondary N) is 2. The molecule has 3 aromatic rings. The molecule has 3 rings (SSSR count). The zero-order valence-electron chi connectivity index (χ0n) is 14.6. The predicted octanol–water partition coefficient (Wildman–Crippen LogP) is 3.28. The lowest BCUT2D eigenvalue weighted by Gasteiger charge is -2.12. The first-order valence-corrected chi connectivity index (χ1v) is 9.03. The van der Waals surface area contributed by atoms with Crippen LogP contribution in [0.4, 0.5) is 5.69 Å². The van der Waals surface area contributed by atoms with Gasteiger partial charge in [0.2, 0.25) is 5.91 Å². The predicted molar refractivity (Wildman–Crippen MR) is 103 cm³/mol. The second-order valence-electron chi connectivity index (χ2n) is 5.72. The lowest BCUT2D eigenvalue weighted by molar-refractivity contribution is -0.115. The monoisotopic (exact) mass is 368 g/mol. The number of H-pyrrole nitrogens is 1. The van der Waals surface area contributed by atoms with E-state index in [0.29, 0.717) is 11.7 Å². The number of hydrogen-bond donors (Lipinski definition) is 2. The Bertz CT molecular complexity index is 885. The molecule has 0 fully saturated rings. The average molecular weight is 368 g/mol. The van der Waals surface area contributed by atoms with Gasteiger partial charge in [0, 0.05) is 12.2 Å². The van der Waals surface area contributed by atoms with Crippen LogP contribution in [0.5, 0.6) is 0 Å². The fourth-order valence-electron chi connectivity index (χ4n) is 2.39. The van der Waals surface area contributed by atoms with Crippen LogP contribution in [0, 0.1) is 6.92 Å². The minimum Gasteiger partial charge on any atom is -0.345 e. The van der Waals surface area contributed by atoms with Crippen molar-refractivity contribution in [2.75, 3.05) is 5.32 Å². The molecule has 0 radical (unpaired) electrons. The van der Waals surface area contributed by atoms with Gasteiger partial charge in [-0.05, 0) is 31.5 Å². The molecule has 1 aromatic carbocycles. The molecule has 7 nitrogen and oxygen atoms in total. The Kier molecular flexibility index (Phi) is 5.52. The maximum Gasteiger partial charge on any atom is 0.237 e. The fraction of sp³-hybridized carbons (Fsp3) is 0.222. The molecular weight excluding hydrogens is 348 g/mol. The molecule has 0 saturated carbocycles. The Morgan fingerprint density at radius 2 is 2.15 bits per heavy atom. The number of carbonyl (C=O) groups is 1. The Balaban J connectivity index is 1.63. The van der Waals surface area contributed by atoms with E-state index in [1.54, 1.807) is 18.6 Å². The number of aromatic amines is 1. The molecular formula is C18H20N6OS. The highest BCUT2D eigenvalue weighted by atomic mass is 32.2. The Morgan fingerprint density at radius 1 is 1.38 bits per heavy atom. The smallest absolute Gasteiger partial charge is 0.237 e.